The highest BCUT2D eigenvalue weighted by Crippen LogP contribution is 2.20. The van der Waals surface area contributed by atoms with Crippen LogP contribution < -0.4 is 21.3 Å². The van der Waals surface area contributed by atoms with Crippen LogP contribution in [0.25, 0.3) is 10.9 Å². The maximum atomic E-state index is 13.7. The average molecular weight is 568 g/mol. The number of nitrogens with one attached hydrogen (secondary N) is 5. The zero-order chi connectivity index (χ0) is 28.6. The normalized spacial score (nSPS) is 17.1. The number of H-pyrrole nitrogens is 1. The second kappa shape index (κ2) is 13.4. The van der Waals surface area contributed by atoms with Crippen molar-refractivity contribution in [1.82, 2.24) is 26.3 Å². The second-order valence-corrected chi connectivity index (χ2v) is 10.2. The average Bonchev–Trinajstić information content (AvgIpc) is 3.63. The number of carbonyl (C=O) groups is 4. The van der Waals surface area contributed by atoms with Gasteiger partial charge in [-0.2, -0.15) is 12.6 Å². The Morgan fingerprint density at radius 1 is 0.925 bits per heavy atom. The van der Waals surface area contributed by atoms with Gasteiger partial charge >= 0.3 is 5.97 Å². The number of benzene rings is 2. The van der Waals surface area contributed by atoms with E-state index in [4.69, 9.17) is 0 Å². The summed E-state index contributed by atoms with van der Waals surface area (Å²) in [5.74, 6) is -2.97. The molecule has 11 nitrogen and oxygen atoms in total. The van der Waals surface area contributed by atoms with Crippen LogP contribution in [0.2, 0.25) is 0 Å². The lowest BCUT2D eigenvalue weighted by Gasteiger charge is -2.25. The number of aromatic amines is 1. The quantitative estimate of drug-likeness (QED) is 0.150. The van der Waals surface area contributed by atoms with Crippen molar-refractivity contribution in [3.05, 3.63) is 65.9 Å². The largest absolute Gasteiger partial charge is 0.508 e. The van der Waals surface area contributed by atoms with Crippen LogP contribution in [-0.2, 0) is 32.0 Å². The SMILES string of the molecule is O=C(O)C(CS)NC(=O)C(Cc1ccc(O)cc1)NC(=O)C(Cc1c[nH]c2ccccc12)NC(=O)C1CCCN1. The first-order valence-corrected chi connectivity index (χ1v) is 13.7. The number of aromatic hydroxyl groups is 1. The monoisotopic (exact) mass is 567 g/mol. The fraction of sp³-hybridized carbons (Fsp3) is 0.357. The fourth-order valence-corrected chi connectivity index (χ4v) is 4.96. The van der Waals surface area contributed by atoms with Crippen molar-refractivity contribution in [3.8, 4) is 5.75 Å². The van der Waals surface area contributed by atoms with Crippen LogP contribution >= 0.6 is 12.6 Å². The molecule has 0 radical (unpaired) electrons. The van der Waals surface area contributed by atoms with Crippen LogP contribution in [-0.4, -0.2) is 75.4 Å². The minimum atomic E-state index is -1.26. The summed E-state index contributed by atoms with van der Waals surface area (Å²) in [6.07, 6.45) is 3.47. The highest BCUT2D eigenvalue weighted by atomic mass is 32.1. The molecule has 1 aliphatic heterocycles. The van der Waals surface area contributed by atoms with Gasteiger partial charge in [0.05, 0.1) is 6.04 Å². The Morgan fingerprint density at radius 2 is 1.60 bits per heavy atom. The van der Waals surface area contributed by atoms with Crippen molar-refractivity contribution < 1.29 is 29.4 Å². The zero-order valence-electron chi connectivity index (χ0n) is 21.7. The number of carboxylic acids is 1. The number of amides is 3. The van der Waals surface area contributed by atoms with Gasteiger partial charge in [0.2, 0.25) is 17.7 Å². The molecule has 3 amide bonds. The Labute approximate surface area is 236 Å². The molecule has 40 heavy (non-hydrogen) atoms. The number of carbonyl (C=O) groups excluding carboxylic acids is 3. The summed E-state index contributed by atoms with van der Waals surface area (Å²) in [7, 11) is 0. The molecule has 212 valence electrons. The van der Waals surface area contributed by atoms with Crippen LogP contribution in [0, 0.1) is 0 Å². The van der Waals surface area contributed by atoms with Gasteiger partial charge in [-0.3, -0.25) is 14.4 Å². The summed E-state index contributed by atoms with van der Waals surface area (Å²) in [6.45, 7) is 0.710. The van der Waals surface area contributed by atoms with Gasteiger partial charge in [-0.25, -0.2) is 4.79 Å². The smallest absolute Gasteiger partial charge is 0.327 e. The number of para-hydroxylation sites is 1. The van der Waals surface area contributed by atoms with Gasteiger partial charge in [-0.05, 0) is 48.7 Å². The van der Waals surface area contributed by atoms with Crippen molar-refractivity contribution in [3.63, 3.8) is 0 Å². The number of hydrogen-bond acceptors (Lipinski definition) is 7. The van der Waals surface area contributed by atoms with Gasteiger partial charge in [-0.15, -0.1) is 0 Å². The van der Waals surface area contributed by atoms with Crippen molar-refractivity contribution in [2.24, 2.45) is 0 Å². The minimum absolute atomic E-state index is 0.0225. The number of thiol groups is 1. The van der Waals surface area contributed by atoms with E-state index in [0.717, 1.165) is 22.9 Å². The first-order valence-electron chi connectivity index (χ1n) is 13.1. The molecule has 0 spiro atoms. The summed E-state index contributed by atoms with van der Waals surface area (Å²) in [5, 5.41) is 31.1. The Morgan fingerprint density at radius 3 is 2.25 bits per heavy atom. The Balaban J connectivity index is 1.58. The standard InChI is InChI=1S/C28H33N5O6S/c34-18-9-7-16(8-10-18)12-22(26(36)33-24(15-40)28(38)39)31-27(37)23(32-25(35)21-6-3-11-29-21)13-17-14-30-20-5-2-1-4-19(17)20/h1-2,4-5,7-10,14,21-24,29-30,34,40H,3,6,11-13,15H2,(H,31,37)(H,32,35)(H,33,36)(H,38,39). The number of hydrogen-bond donors (Lipinski definition) is 8. The molecule has 7 N–H and O–H groups in total. The number of carboxylic acid groups (broad SMARTS) is 1. The number of phenolic OH excluding ortho intramolecular Hbond substituents is 1. The molecule has 1 aliphatic rings. The van der Waals surface area contributed by atoms with Crippen molar-refractivity contribution >= 4 is 47.2 Å². The number of aliphatic carboxylic acids is 1. The van der Waals surface area contributed by atoms with Crippen LogP contribution in [0.1, 0.15) is 24.0 Å². The minimum Gasteiger partial charge on any atom is -0.508 e. The van der Waals surface area contributed by atoms with E-state index < -0.39 is 42.0 Å². The Kier molecular flexibility index (Phi) is 9.67. The lowest BCUT2D eigenvalue weighted by atomic mass is 10.0. The Hall–Kier alpha value is -4.03. The maximum Gasteiger partial charge on any atom is 0.327 e. The predicted octanol–water partition coefficient (Wildman–Crippen LogP) is 0.879. The van der Waals surface area contributed by atoms with Gasteiger partial charge in [-0.1, -0.05) is 30.3 Å². The number of aromatic nitrogens is 1. The van der Waals surface area contributed by atoms with Gasteiger partial charge < -0.3 is 36.5 Å². The van der Waals surface area contributed by atoms with Gasteiger partial charge in [0, 0.05) is 35.7 Å². The van der Waals surface area contributed by atoms with Gasteiger partial charge in [0.15, 0.2) is 0 Å². The van der Waals surface area contributed by atoms with Crippen LogP contribution in [0.15, 0.2) is 54.7 Å². The molecular weight excluding hydrogens is 534 g/mol. The molecule has 4 unspecified atom stereocenters. The Bertz CT molecular complexity index is 1350. The van der Waals surface area contributed by atoms with Crippen LogP contribution in [0.4, 0.5) is 0 Å². The molecule has 4 rings (SSSR count). The van der Waals surface area contributed by atoms with E-state index in [9.17, 15) is 29.4 Å². The topological polar surface area (TPSA) is 173 Å². The molecule has 0 aliphatic carbocycles. The molecular formula is C28H33N5O6S. The number of fused-ring (bicyclic) bond motifs is 1. The first kappa shape index (κ1) is 29.0. The molecule has 1 aromatic heterocycles. The van der Waals surface area contributed by atoms with E-state index in [2.05, 4.69) is 38.9 Å². The molecule has 12 heteroatoms. The third kappa shape index (κ3) is 7.33. The van der Waals surface area contributed by atoms with E-state index in [1.54, 1.807) is 18.3 Å². The molecule has 4 atom stereocenters. The van der Waals surface area contributed by atoms with E-state index in [-0.39, 0.29) is 30.3 Å². The third-order valence-electron chi connectivity index (χ3n) is 6.92. The van der Waals surface area contributed by atoms with E-state index in [0.29, 0.717) is 18.5 Å². The van der Waals surface area contributed by atoms with Gasteiger partial charge in [0.1, 0.15) is 23.9 Å². The van der Waals surface area contributed by atoms with E-state index >= 15 is 0 Å². The van der Waals surface area contributed by atoms with Crippen molar-refractivity contribution in [2.75, 3.05) is 12.3 Å². The maximum absolute atomic E-state index is 13.7. The molecule has 1 saturated heterocycles. The lowest BCUT2D eigenvalue weighted by molar-refractivity contribution is -0.141. The van der Waals surface area contributed by atoms with E-state index in [1.165, 1.54) is 12.1 Å². The third-order valence-corrected chi connectivity index (χ3v) is 7.28. The summed E-state index contributed by atoms with van der Waals surface area (Å²) >= 11 is 4.00. The summed E-state index contributed by atoms with van der Waals surface area (Å²) in [5.41, 5.74) is 2.33. The summed E-state index contributed by atoms with van der Waals surface area (Å²) in [6, 6.07) is 9.87. The lowest BCUT2D eigenvalue weighted by Crippen LogP contribution is -2.58. The summed E-state index contributed by atoms with van der Waals surface area (Å²) < 4.78 is 0. The molecule has 0 bridgehead atoms. The van der Waals surface area contributed by atoms with Crippen molar-refractivity contribution in [1.29, 1.82) is 0 Å². The molecule has 2 aromatic carbocycles. The zero-order valence-corrected chi connectivity index (χ0v) is 22.6. The van der Waals surface area contributed by atoms with Crippen LogP contribution in [0.5, 0.6) is 5.75 Å². The number of rotatable bonds is 12. The van der Waals surface area contributed by atoms with Crippen LogP contribution in [0.3, 0.4) is 0 Å². The first-order chi connectivity index (χ1) is 19.2. The number of phenols is 1. The molecule has 3 aromatic rings. The van der Waals surface area contributed by atoms with E-state index in [1.807, 2.05) is 24.3 Å². The fourth-order valence-electron chi connectivity index (χ4n) is 4.72. The molecule has 0 saturated carbocycles. The molecule has 2 heterocycles. The summed E-state index contributed by atoms with van der Waals surface area (Å²) in [4.78, 5) is 54.6. The van der Waals surface area contributed by atoms with Crippen molar-refractivity contribution in [2.45, 2.75) is 49.9 Å². The second-order valence-electron chi connectivity index (χ2n) is 9.79. The predicted molar refractivity (Wildman–Crippen MR) is 152 cm³/mol. The molecule has 1 fully saturated rings. The van der Waals surface area contributed by atoms with Gasteiger partial charge in [0.25, 0.3) is 0 Å². The highest BCUT2D eigenvalue weighted by Gasteiger charge is 2.32. The highest BCUT2D eigenvalue weighted by molar-refractivity contribution is 7.80.